The van der Waals surface area contributed by atoms with Crippen molar-refractivity contribution in [2.45, 2.75) is 19.4 Å². The second kappa shape index (κ2) is 6.26. The molecule has 4 nitrogen and oxygen atoms in total. The topological polar surface area (TPSA) is 49.6 Å². The minimum atomic E-state index is -0.359. The highest BCUT2D eigenvalue weighted by Gasteiger charge is 2.24. The average Bonchev–Trinajstić information content (AvgIpc) is 2.46. The third-order valence-corrected chi connectivity index (χ3v) is 3.79. The molecule has 0 aromatic heterocycles. The van der Waals surface area contributed by atoms with Crippen LogP contribution in [0, 0.1) is 0 Å². The molecule has 19 heavy (non-hydrogen) atoms. The minimum absolute atomic E-state index is 0.0678. The molecule has 2 rings (SSSR count). The van der Waals surface area contributed by atoms with Crippen LogP contribution in [0.1, 0.15) is 13.3 Å². The summed E-state index contributed by atoms with van der Waals surface area (Å²) in [6.07, 6.45) is 0.691. The first kappa shape index (κ1) is 14.2. The van der Waals surface area contributed by atoms with Crippen molar-refractivity contribution >= 4 is 23.2 Å². The zero-order valence-corrected chi connectivity index (χ0v) is 11.9. The average molecular weight is 282 g/mol. The van der Waals surface area contributed by atoms with Gasteiger partial charge in [0.15, 0.2) is 0 Å². The molecule has 0 radical (unpaired) electrons. The fourth-order valence-electron chi connectivity index (χ4n) is 2.25. The summed E-state index contributed by atoms with van der Waals surface area (Å²) in [5.74, 6) is 0.0678. The van der Waals surface area contributed by atoms with E-state index in [0.29, 0.717) is 6.42 Å². The number of amides is 1. The lowest BCUT2D eigenvalue weighted by atomic mass is 10.2. The maximum atomic E-state index is 12.0. The molecule has 1 unspecified atom stereocenters. The Morgan fingerprint density at radius 1 is 1.26 bits per heavy atom. The Balaban J connectivity index is 1.92. The monoisotopic (exact) mass is 281 g/mol. The zero-order valence-electron chi connectivity index (χ0n) is 11.2. The van der Waals surface area contributed by atoms with Gasteiger partial charge in [-0.25, -0.2) is 0 Å². The lowest BCUT2D eigenvalue weighted by molar-refractivity contribution is -0.132. The molecule has 0 spiro atoms. The second-order valence-electron chi connectivity index (χ2n) is 4.80. The summed E-state index contributed by atoms with van der Waals surface area (Å²) in [5.41, 5.74) is 6.94. The van der Waals surface area contributed by atoms with Crippen LogP contribution < -0.4 is 10.6 Å². The molecule has 1 aromatic carbocycles. The molecule has 1 saturated heterocycles. The van der Waals surface area contributed by atoms with Crippen LogP contribution in [0.4, 0.5) is 5.69 Å². The third-order valence-electron chi connectivity index (χ3n) is 3.54. The van der Waals surface area contributed by atoms with E-state index >= 15 is 0 Å². The van der Waals surface area contributed by atoms with E-state index in [1.54, 1.807) is 0 Å². The SMILES string of the molecule is CCC(N)C(=O)N1CCN(c2ccc(Cl)cc2)CC1. The van der Waals surface area contributed by atoms with Crippen LogP contribution in [0.15, 0.2) is 24.3 Å². The van der Waals surface area contributed by atoms with Gasteiger partial charge >= 0.3 is 0 Å². The van der Waals surface area contributed by atoms with Crippen molar-refractivity contribution in [2.75, 3.05) is 31.1 Å². The smallest absolute Gasteiger partial charge is 0.239 e. The molecule has 1 aliphatic heterocycles. The van der Waals surface area contributed by atoms with Crippen molar-refractivity contribution in [1.29, 1.82) is 0 Å². The van der Waals surface area contributed by atoms with Crippen LogP contribution >= 0.6 is 11.6 Å². The second-order valence-corrected chi connectivity index (χ2v) is 5.24. The molecule has 2 N–H and O–H groups in total. The highest BCUT2D eigenvalue weighted by molar-refractivity contribution is 6.30. The largest absolute Gasteiger partial charge is 0.368 e. The molecule has 104 valence electrons. The van der Waals surface area contributed by atoms with Crippen molar-refractivity contribution in [2.24, 2.45) is 5.73 Å². The van der Waals surface area contributed by atoms with E-state index < -0.39 is 0 Å². The Bertz CT molecular complexity index is 427. The van der Waals surface area contributed by atoms with Crippen LogP contribution in [-0.2, 0) is 4.79 Å². The summed E-state index contributed by atoms with van der Waals surface area (Å²) < 4.78 is 0. The molecule has 1 fully saturated rings. The fraction of sp³-hybridized carbons (Fsp3) is 0.500. The van der Waals surface area contributed by atoms with Gasteiger partial charge in [0.05, 0.1) is 6.04 Å². The normalized spacial score (nSPS) is 17.4. The quantitative estimate of drug-likeness (QED) is 0.918. The predicted molar refractivity (Wildman–Crippen MR) is 78.5 cm³/mol. The van der Waals surface area contributed by atoms with E-state index in [4.69, 9.17) is 17.3 Å². The van der Waals surface area contributed by atoms with Crippen molar-refractivity contribution in [3.8, 4) is 0 Å². The first-order valence-electron chi connectivity index (χ1n) is 6.66. The van der Waals surface area contributed by atoms with Crippen LogP contribution in [0.2, 0.25) is 5.02 Å². The van der Waals surface area contributed by atoms with E-state index in [-0.39, 0.29) is 11.9 Å². The number of nitrogens with zero attached hydrogens (tertiary/aromatic N) is 2. The summed E-state index contributed by atoms with van der Waals surface area (Å²) >= 11 is 5.88. The van der Waals surface area contributed by atoms with Crippen LogP contribution in [0.5, 0.6) is 0 Å². The summed E-state index contributed by atoms with van der Waals surface area (Å²) in [6, 6.07) is 7.44. The maximum Gasteiger partial charge on any atom is 0.239 e. The van der Waals surface area contributed by atoms with Crippen molar-refractivity contribution in [1.82, 2.24) is 4.90 Å². The molecule has 1 aromatic rings. The zero-order chi connectivity index (χ0) is 13.8. The van der Waals surface area contributed by atoms with Gasteiger partial charge in [0.25, 0.3) is 0 Å². The number of hydrogen-bond donors (Lipinski definition) is 1. The summed E-state index contributed by atoms with van der Waals surface area (Å²) in [4.78, 5) is 16.1. The molecular weight excluding hydrogens is 262 g/mol. The first-order chi connectivity index (χ1) is 9.11. The summed E-state index contributed by atoms with van der Waals surface area (Å²) in [5, 5.41) is 0.742. The summed E-state index contributed by atoms with van der Waals surface area (Å²) in [7, 11) is 0. The van der Waals surface area contributed by atoms with Gasteiger partial charge in [0, 0.05) is 36.9 Å². The molecular formula is C14H20ClN3O. The molecule has 0 saturated carbocycles. The van der Waals surface area contributed by atoms with E-state index in [0.717, 1.165) is 36.9 Å². The van der Waals surface area contributed by atoms with E-state index in [9.17, 15) is 4.79 Å². The number of carbonyl (C=O) groups is 1. The standard InChI is InChI=1S/C14H20ClN3O/c1-2-13(16)14(19)18-9-7-17(8-10-18)12-5-3-11(15)4-6-12/h3-6,13H,2,7-10,16H2,1H3. The van der Waals surface area contributed by atoms with E-state index in [2.05, 4.69) is 4.90 Å². The van der Waals surface area contributed by atoms with Crippen LogP contribution in [0.3, 0.4) is 0 Å². The molecule has 1 aliphatic rings. The van der Waals surface area contributed by atoms with Gasteiger partial charge in [0.2, 0.25) is 5.91 Å². The highest BCUT2D eigenvalue weighted by Crippen LogP contribution is 2.19. The number of rotatable bonds is 3. The lowest BCUT2D eigenvalue weighted by Crippen LogP contribution is -2.53. The van der Waals surface area contributed by atoms with Crippen molar-refractivity contribution < 1.29 is 4.79 Å². The minimum Gasteiger partial charge on any atom is -0.368 e. The first-order valence-corrected chi connectivity index (χ1v) is 7.04. The highest BCUT2D eigenvalue weighted by atomic mass is 35.5. The number of anilines is 1. The number of hydrogen-bond acceptors (Lipinski definition) is 3. The lowest BCUT2D eigenvalue weighted by Gasteiger charge is -2.37. The van der Waals surface area contributed by atoms with Gasteiger partial charge in [-0.1, -0.05) is 18.5 Å². The van der Waals surface area contributed by atoms with Crippen molar-refractivity contribution in [3.63, 3.8) is 0 Å². The number of piperazine rings is 1. The van der Waals surface area contributed by atoms with E-state index in [1.165, 1.54) is 0 Å². The molecule has 5 heteroatoms. The van der Waals surface area contributed by atoms with Gasteiger partial charge in [-0.2, -0.15) is 0 Å². The number of carbonyl (C=O) groups excluding carboxylic acids is 1. The van der Waals surface area contributed by atoms with Crippen LogP contribution in [0.25, 0.3) is 0 Å². The Kier molecular flexibility index (Phi) is 4.66. The predicted octanol–water partition coefficient (Wildman–Crippen LogP) is 1.73. The molecule has 0 bridgehead atoms. The Morgan fingerprint density at radius 3 is 2.37 bits per heavy atom. The van der Waals surface area contributed by atoms with Gasteiger partial charge in [0.1, 0.15) is 0 Å². The van der Waals surface area contributed by atoms with Crippen molar-refractivity contribution in [3.05, 3.63) is 29.3 Å². The fourth-order valence-corrected chi connectivity index (χ4v) is 2.37. The molecule has 1 amide bonds. The molecule has 1 heterocycles. The number of nitrogens with two attached hydrogens (primary N) is 1. The van der Waals surface area contributed by atoms with Gasteiger partial charge in [-0.3, -0.25) is 4.79 Å². The number of benzene rings is 1. The van der Waals surface area contributed by atoms with Gasteiger partial charge in [-0.15, -0.1) is 0 Å². The third kappa shape index (κ3) is 3.39. The number of halogens is 1. The van der Waals surface area contributed by atoms with E-state index in [1.807, 2.05) is 36.1 Å². The molecule has 0 aliphatic carbocycles. The van der Waals surface area contributed by atoms with Gasteiger partial charge < -0.3 is 15.5 Å². The Labute approximate surface area is 119 Å². The summed E-state index contributed by atoms with van der Waals surface area (Å²) in [6.45, 7) is 5.07. The Hall–Kier alpha value is -1.26. The maximum absolute atomic E-state index is 12.0. The Morgan fingerprint density at radius 2 is 1.84 bits per heavy atom. The molecule has 1 atom stereocenters. The van der Waals surface area contributed by atoms with Crippen LogP contribution in [-0.4, -0.2) is 43.0 Å². The van der Waals surface area contributed by atoms with Gasteiger partial charge in [-0.05, 0) is 30.7 Å².